The predicted molar refractivity (Wildman–Crippen MR) is 59.5 cm³/mol. The molecule has 0 fully saturated rings. The minimum atomic E-state index is -0.513. The molecule has 0 aliphatic heterocycles. The molecular formula is C10H21N3O2. The number of likely N-dealkylation sites (N-methyl/N-ethyl adjacent to an activating group) is 2. The summed E-state index contributed by atoms with van der Waals surface area (Å²) in [6, 6.07) is 0. The topological polar surface area (TPSA) is 52.7 Å². The SMILES string of the molecule is CCN(CC)C(=O)C(=O)NCCN(C)C. The standard InChI is InChI=1S/C10H21N3O2/c1-5-13(6-2)10(15)9(14)11-7-8-12(3)4/h5-8H2,1-4H3,(H,11,14). The lowest BCUT2D eigenvalue weighted by Gasteiger charge is -2.18. The van der Waals surface area contributed by atoms with Crippen LogP contribution >= 0.6 is 0 Å². The molecule has 0 radical (unpaired) electrons. The first-order chi connectivity index (χ1) is 7.02. The lowest BCUT2D eigenvalue weighted by Crippen LogP contribution is -2.44. The third-order valence-corrected chi connectivity index (χ3v) is 2.09. The summed E-state index contributed by atoms with van der Waals surface area (Å²) in [6.45, 7) is 6.08. The largest absolute Gasteiger partial charge is 0.347 e. The zero-order valence-corrected chi connectivity index (χ0v) is 10.0. The Kier molecular flexibility index (Phi) is 6.70. The molecule has 2 amide bonds. The van der Waals surface area contributed by atoms with E-state index in [1.54, 1.807) is 0 Å². The summed E-state index contributed by atoms with van der Waals surface area (Å²) in [4.78, 5) is 26.3. The minimum absolute atomic E-state index is 0.446. The average Bonchev–Trinajstić information content (AvgIpc) is 2.18. The molecule has 15 heavy (non-hydrogen) atoms. The van der Waals surface area contributed by atoms with Crippen molar-refractivity contribution in [2.75, 3.05) is 40.3 Å². The summed E-state index contributed by atoms with van der Waals surface area (Å²) in [5, 5.41) is 2.59. The molecule has 0 rings (SSSR count). The Labute approximate surface area is 91.4 Å². The van der Waals surface area contributed by atoms with Crippen LogP contribution in [0.15, 0.2) is 0 Å². The van der Waals surface area contributed by atoms with Crippen molar-refractivity contribution in [3.8, 4) is 0 Å². The smallest absolute Gasteiger partial charge is 0.311 e. The van der Waals surface area contributed by atoms with E-state index in [2.05, 4.69) is 5.32 Å². The minimum Gasteiger partial charge on any atom is -0.347 e. The van der Waals surface area contributed by atoms with E-state index in [-0.39, 0.29) is 0 Å². The van der Waals surface area contributed by atoms with Gasteiger partial charge in [0.15, 0.2) is 0 Å². The van der Waals surface area contributed by atoms with E-state index in [0.717, 1.165) is 6.54 Å². The second-order valence-corrected chi connectivity index (χ2v) is 3.54. The summed E-state index contributed by atoms with van der Waals surface area (Å²) >= 11 is 0. The number of carbonyl (C=O) groups is 2. The summed E-state index contributed by atoms with van der Waals surface area (Å²) in [5.41, 5.74) is 0. The molecular weight excluding hydrogens is 194 g/mol. The van der Waals surface area contributed by atoms with E-state index < -0.39 is 11.8 Å². The number of amides is 2. The second-order valence-electron chi connectivity index (χ2n) is 3.54. The van der Waals surface area contributed by atoms with E-state index in [4.69, 9.17) is 0 Å². The molecule has 0 aromatic rings. The van der Waals surface area contributed by atoms with Crippen LogP contribution in [0.4, 0.5) is 0 Å². The van der Waals surface area contributed by atoms with Gasteiger partial charge in [0.25, 0.3) is 0 Å². The van der Waals surface area contributed by atoms with Crippen molar-refractivity contribution in [1.82, 2.24) is 15.1 Å². The van der Waals surface area contributed by atoms with Crippen LogP contribution in [-0.4, -0.2) is 61.9 Å². The Balaban J connectivity index is 3.93. The number of nitrogens with one attached hydrogen (secondary N) is 1. The maximum absolute atomic E-state index is 11.5. The number of rotatable bonds is 5. The van der Waals surface area contributed by atoms with Crippen molar-refractivity contribution in [1.29, 1.82) is 0 Å². The van der Waals surface area contributed by atoms with Gasteiger partial charge in [-0.05, 0) is 27.9 Å². The van der Waals surface area contributed by atoms with E-state index in [9.17, 15) is 9.59 Å². The van der Waals surface area contributed by atoms with Gasteiger partial charge in [-0.1, -0.05) is 0 Å². The predicted octanol–water partition coefficient (Wildman–Crippen LogP) is -0.467. The molecule has 0 aromatic carbocycles. The van der Waals surface area contributed by atoms with Crippen molar-refractivity contribution in [2.24, 2.45) is 0 Å². The van der Waals surface area contributed by atoms with Crippen LogP contribution in [-0.2, 0) is 9.59 Å². The number of nitrogens with zero attached hydrogens (tertiary/aromatic N) is 2. The third-order valence-electron chi connectivity index (χ3n) is 2.09. The molecule has 0 aliphatic rings. The van der Waals surface area contributed by atoms with Gasteiger partial charge < -0.3 is 15.1 Å². The zero-order valence-electron chi connectivity index (χ0n) is 10.0. The molecule has 0 unspecified atom stereocenters. The summed E-state index contributed by atoms with van der Waals surface area (Å²) < 4.78 is 0. The molecule has 0 spiro atoms. The summed E-state index contributed by atoms with van der Waals surface area (Å²) in [5.74, 6) is -0.959. The molecule has 88 valence electrons. The number of hydrogen-bond donors (Lipinski definition) is 1. The monoisotopic (exact) mass is 215 g/mol. The quantitative estimate of drug-likeness (QED) is 0.631. The van der Waals surface area contributed by atoms with Crippen molar-refractivity contribution in [3.63, 3.8) is 0 Å². The van der Waals surface area contributed by atoms with Gasteiger partial charge in [-0.25, -0.2) is 0 Å². The van der Waals surface area contributed by atoms with Crippen LogP contribution in [0.2, 0.25) is 0 Å². The summed E-state index contributed by atoms with van der Waals surface area (Å²) in [6.07, 6.45) is 0. The van der Waals surface area contributed by atoms with Gasteiger partial charge in [-0.2, -0.15) is 0 Å². The maximum atomic E-state index is 11.5. The molecule has 1 N–H and O–H groups in total. The Morgan fingerprint density at radius 1 is 1.13 bits per heavy atom. The van der Waals surface area contributed by atoms with Crippen LogP contribution in [0, 0.1) is 0 Å². The Morgan fingerprint density at radius 3 is 2.07 bits per heavy atom. The van der Waals surface area contributed by atoms with Crippen molar-refractivity contribution >= 4 is 11.8 Å². The highest BCUT2D eigenvalue weighted by molar-refractivity contribution is 6.34. The van der Waals surface area contributed by atoms with Crippen LogP contribution in [0.3, 0.4) is 0 Å². The highest BCUT2D eigenvalue weighted by Gasteiger charge is 2.18. The van der Waals surface area contributed by atoms with Gasteiger partial charge >= 0.3 is 11.8 Å². The molecule has 0 aromatic heterocycles. The molecule has 0 bridgehead atoms. The highest BCUT2D eigenvalue weighted by atomic mass is 16.2. The van der Waals surface area contributed by atoms with E-state index in [0.29, 0.717) is 19.6 Å². The van der Waals surface area contributed by atoms with Gasteiger partial charge in [0.05, 0.1) is 0 Å². The molecule has 0 aliphatic carbocycles. The van der Waals surface area contributed by atoms with Crippen LogP contribution in [0.1, 0.15) is 13.8 Å². The fraction of sp³-hybridized carbons (Fsp3) is 0.800. The Bertz CT molecular complexity index is 213. The van der Waals surface area contributed by atoms with Crippen LogP contribution in [0.25, 0.3) is 0 Å². The molecule has 0 heterocycles. The van der Waals surface area contributed by atoms with Crippen molar-refractivity contribution in [2.45, 2.75) is 13.8 Å². The fourth-order valence-electron chi connectivity index (χ4n) is 1.12. The number of hydrogen-bond acceptors (Lipinski definition) is 3. The lowest BCUT2D eigenvalue weighted by molar-refractivity contribution is -0.145. The first kappa shape index (κ1) is 13.9. The van der Waals surface area contributed by atoms with E-state index in [1.807, 2.05) is 32.8 Å². The van der Waals surface area contributed by atoms with Crippen LogP contribution in [0.5, 0.6) is 0 Å². The van der Waals surface area contributed by atoms with Crippen molar-refractivity contribution in [3.05, 3.63) is 0 Å². The molecule has 5 nitrogen and oxygen atoms in total. The van der Waals surface area contributed by atoms with Crippen molar-refractivity contribution < 1.29 is 9.59 Å². The fourth-order valence-corrected chi connectivity index (χ4v) is 1.12. The average molecular weight is 215 g/mol. The van der Waals surface area contributed by atoms with E-state index in [1.165, 1.54) is 4.90 Å². The molecule has 0 atom stereocenters. The zero-order chi connectivity index (χ0) is 11.8. The normalized spacial score (nSPS) is 10.2. The summed E-state index contributed by atoms with van der Waals surface area (Å²) in [7, 11) is 3.83. The van der Waals surface area contributed by atoms with Gasteiger partial charge in [0.1, 0.15) is 0 Å². The van der Waals surface area contributed by atoms with Gasteiger partial charge in [-0.15, -0.1) is 0 Å². The number of carbonyl (C=O) groups excluding carboxylic acids is 2. The highest BCUT2D eigenvalue weighted by Crippen LogP contribution is 1.88. The molecule has 0 saturated heterocycles. The molecule has 0 saturated carbocycles. The second kappa shape index (κ2) is 7.23. The maximum Gasteiger partial charge on any atom is 0.311 e. The lowest BCUT2D eigenvalue weighted by atomic mass is 10.4. The van der Waals surface area contributed by atoms with Crippen LogP contribution < -0.4 is 5.32 Å². The van der Waals surface area contributed by atoms with Gasteiger partial charge in [0, 0.05) is 26.2 Å². The van der Waals surface area contributed by atoms with Gasteiger partial charge in [0.2, 0.25) is 0 Å². The van der Waals surface area contributed by atoms with Gasteiger partial charge in [-0.3, -0.25) is 9.59 Å². The van der Waals surface area contributed by atoms with E-state index >= 15 is 0 Å². The Morgan fingerprint density at radius 2 is 1.67 bits per heavy atom. The first-order valence-electron chi connectivity index (χ1n) is 5.24. The Hall–Kier alpha value is -1.10. The molecule has 5 heteroatoms. The third kappa shape index (κ3) is 5.37. The first-order valence-corrected chi connectivity index (χ1v) is 5.24.